The first-order valence-electron chi connectivity index (χ1n) is 5.80. The summed E-state index contributed by atoms with van der Waals surface area (Å²) in [5.74, 6) is -0.240. The maximum absolute atomic E-state index is 11.7. The van der Waals surface area contributed by atoms with Crippen molar-refractivity contribution in [3.8, 4) is 0 Å². The maximum atomic E-state index is 11.7. The predicted molar refractivity (Wildman–Crippen MR) is 72.4 cm³/mol. The lowest BCUT2D eigenvalue weighted by Crippen LogP contribution is -2.27. The fraction of sp³-hybridized carbons (Fsp3) is 0.364. The Morgan fingerprint density at radius 1 is 1.20 bits per heavy atom. The second kappa shape index (κ2) is 9.23. The van der Waals surface area contributed by atoms with E-state index >= 15 is 0 Å². The number of carbonyl (C=O) groups excluding carboxylic acids is 1. The van der Waals surface area contributed by atoms with E-state index in [1.807, 2.05) is 0 Å². The minimum atomic E-state index is -0.240. The van der Waals surface area contributed by atoms with E-state index in [2.05, 4.69) is 25.4 Å². The number of ether oxygens (including phenoxy) is 1. The molecular weight excluding hydrogens is 262 g/mol. The van der Waals surface area contributed by atoms with Gasteiger partial charge in [0.15, 0.2) is 0 Å². The Labute approximate surface area is 114 Å². The second-order valence-electron chi connectivity index (χ2n) is 3.56. The maximum Gasteiger partial charge on any atom is 0.251 e. The van der Waals surface area contributed by atoms with Crippen molar-refractivity contribution in [1.29, 1.82) is 0 Å². The molecule has 9 heteroatoms. The molecule has 1 amide bonds. The van der Waals surface area contributed by atoms with Gasteiger partial charge in [0.05, 0.1) is 13.2 Å². The molecule has 0 saturated carbocycles. The minimum absolute atomic E-state index is 0.240. The average Bonchev–Trinajstić information content (AvgIpc) is 2.47. The molecule has 0 aliphatic rings. The number of azide groups is 2. The van der Waals surface area contributed by atoms with E-state index in [0.29, 0.717) is 31.0 Å². The van der Waals surface area contributed by atoms with Gasteiger partial charge in [0.2, 0.25) is 0 Å². The van der Waals surface area contributed by atoms with E-state index in [9.17, 15) is 4.79 Å². The molecule has 0 fully saturated rings. The van der Waals surface area contributed by atoms with Crippen molar-refractivity contribution < 1.29 is 9.53 Å². The van der Waals surface area contributed by atoms with Crippen LogP contribution < -0.4 is 5.32 Å². The van der Waals surface area contributed by atoms with Crippen molar-refractivity contribution in [1.82, 2.24) is 5.32 Å². The summed E-state index contributed by atoms with van der Waals surface area (Å²) >= 11 is 0. The standard InChI is InChI=1S/C11H13N7O2/c12-17-15-6-8-20-7-5-14-11(19)9-1-3-10(4-2-9)16-18-13/h1-4H,5-8H2,(H,14,19). The largest absolute Gasteiger partial charge is 0.379 e. The van der Waals surface area contributed by atoms with Gasteiger partial charge in [-0.05, 0) is 23.2 Å². The Balaban J connectivity index is 2.28. The van der Waals surface area contributed by atoms with Crippen LogP contribution in [0.2, 0.25) is 0 Å². The summed E-state index contributed by atoms with van der Waals surface area (Å²) in [5, 5.41) is 9.39. The van der Waals surface area contributed by atoms with E-state index in [4.69, 9.17) is 15.8 Å². The summed E-state index contributed by atoms with van der Waals surface area (Å²) in [7, 11) is 0. The first-order valence-corrected chi connectivity index (χ1v) is 5.80. The summed E-state index contributed by atoms with van der Waals surface area (Å²) in [6.07, 6.45) is 0. The predicted octanol–water partition coefficient (Wildman–Crippen LogP) is 2.69. The van der Waals surface area contributed by atoms with Gasteiger partial charge in [-0.1, -0.05) is 22.4 Å². The van der Waals surface area contributed by atoms with Gasteiger partial charge in [-0.25, -0.2) is 0 Å². The third kappa shape index (κ3) is 5.74. The van der Waals surface area contributed by atoms with Crippen LogP contribution in [0.25, 0.3) is 20.9 Å². The van der Waals surface area contributed by atoms with Crippen LogP contribution in [0.15, 0.2) is 34.5 Å². The summed E-state index contributed by atoms with van der Waals surface area (Å²) in [6.45, 7) is 1.28. The molecule has 0 aliphatic heterocycles. The highest BCUT2D eigenvalue weighted by atomic mass is 16.5. The van der Waals surface area contributed by atoms with Crippen LogP contribution in [0.4, 0.5) is 5.69 Å². The second-order valence-corrected chi connectivity index (χ2v) is 3.56. The zero-order chi connectivity index (χ0) is 14.6. The van der Waals surface area contributed by atoms with Gasteiger partial charge in [0, 0.05) is 34.2 Å². The van der Waals surface area contributed by atoms with Crippen LogP contribution in [0, 0.1) is 0 Å². The quantitative estimate of drug-likeness (QED) is 0.337. The fourth-order valence-corrected chi connectivity index (χ4v) is 1.32. The number of amides is 1. The number of nitrogens with zero attached hydrogens (tertiary/aromatic N) is 6. The summed E-state index contributed by atoms with van der Waals surface area (Å²) in [5.41, 5.74) is 17.2. The van der Waals surface area contributed by atoms with Gasteiger partial charge in [0.25, 0.3) is 5.91 Å². The van der Waals surface area contributed by atoms with Gasteiger partial charge >= 0.3 is 0 Å². The molecule has 1 aromatic carbocycles. The first-order chi connectivity index (χ1) is 9.77. The van der Waals surface area contributed by atoms with Crippen LogP contribution >= 0.6 is 0 Å². The SMILES string of the molecule is [N-]=[N+]=NCCOCCNC(=O)c1ccc(N=[N+]=[N-])cc1. The molecule has 0 aliphatic carbocycles. The van der Waals surface area contributed by atoms with Crippen LogP contribution in [0.3, 0.4) is 0 Å². The molecule has 0 spiro atoms. The van der Waals surface area contributed by atoms with Crippen molar-refractivity contribution in [2.45, 2.75) is 0 Å². The molecule has 0 radical (unpaired) electrons. The molecular formula is C11H13N7O2. The van der Waals surface area contributed by atoms with Gasteiger partial charge < -0.3 is 10.1 Å². The van der Waals surface area contributed by atoms with Crippen LogP contribution in [0.1, 0.15) is 10.4 Å². The van der Waals surface area contributed by atoms with E-state index in [1.54, 1.807) is 24.3 Å². The van der Waals surface area contributed by atoms with Crippen LogP contribution in [0.5, 0.6) is 0 Å². The Kier molecular flexibility index (Phi) is 7.08. The molecule has 9 nitrogen and oxygen atoms in total. The third-order valence-corrected chi connectivity index (χ3v) is 2.22. The average molecular weight is 275 g/mol. The lowest BCUT2D eigenvalue weighted by molar-refractivity contribution is 0.0920. The summed E-state index contributed by atoms with van der Waals surface area (Å²) < 4.78 is 5.14. The zero-order valence-corrected chi connectivity index (χ0v) is 10.6. The van der Waals surface area contributed by atoms with Crippen molar-refractivity contribution in [2.75, 3.05) is 26.3 Å². The number of rotatable bonds is 8. The normalized spacial score (nSPS) is 9.20. The fourth-order valence-electron chi connectivity index (χ4n) is 1.32. The Hall–Kier alpha value is -2.73. The highest BCUT2D eigenvalue weighted by Crippen LogP contribution is 2.12. The lowest BCUT2D eigenvalue weighted by Gasteiger charge is -2.05. The number of nitrogens with one attached hydrogen (secondary N) is 1. The van der Waals surface area contributed by atoms with E-state index in [1.165, 1.54) is 0 Å². The van der Waals surface area contributed by atoms with Gasteiger partial charge in [-0.15, -0.1) is 0 Å². The number of hydrogen-bond donors (Lipinski definition) is 1. The molecule has 0 saturated heterocycles. The molecule has 1 aromatic rings. The molecule has 104 valence electrons. The summed E-state index contributed by atoms with van der Waals surface area (Å²) in [6, 6.07) is 6.26. The van der Waals surface area contributed by atoms with Gasteiger partial charge in [0.1, 0.15) is 0 Å². The summed E-state index contributed by atoms with van der Waals surface area (Å²) in [4.78, 5) is 16.9. The number of benzene rings is 1. The Bertz CT molecular complexity index is 530. The molecule has 20 heavy (non-hydrogen) atoms. The number of carbonyl (C=O) groups is 1. The monoisotopic (exact) mass is 275 g/mol. The molecule has 0 bridgehead atoms. The third-order valence-electron chi connectivity index (χ3n) is 2.22. The topological polar surface area (TPSA) is 136 Å². The molecule has 0 heterocycles. The lowest BCUT2D eigenvalue weighted by atomic mass is 10.2. The van der Waals surface area contributed by atoms with E-state index in [-0.39, 0.29) is 12.5 Å². The van der Waals surface area contributed by atoms with Crippen molar-refractivity contribution in [3.63, 3.8) is 0 Å². The molecule has 1 N–H and O–H groups in total. The minimum Gasteiger partial charge on any atom is -0.379 e. The van der Waals surface area contributed by atoms with Crippen LogP contribution in [-0.4, -0.2) is 32.2 Å². The Morgan fingerprint density at radius 2 is 1.95 bits per heavy atom. The van der Waals surface area contributed by atoms with Gasteiger partial charge in [-0.2, -0.15) is 0 Å². The molecule has 1 rings (SSSR count). The number of hydrogen-bond acceptors (Lipinski definition) is 4. The smallest absolute Gasteiger partial charge is 0.251 e. The van der Waals surface area contributed by atoms with E-state index < -0.39 is 0 Å². The zero-order valence-electron chi connectivity index (χ0n) is 10.6. The highest BCUT2D eigenvalue weighted by Gasteiger charge is 2.03. The molecule has 0 unspecified atom stereocenters. The first kappa shape index (κ1) is 15.3. The Morgan fingerprint density at radius 3 is 2.60 bits per heavy atom. The van der Waals surface area contributed by atoms with Crippen LogP contribution in [-0.2, 0) is 4.74 Å². The molecule has 0 aromatic heterocycles. The van der Waals surface area contributed by atoms with Gasteiger partial charge in [-0.3, -0.25) is 4.79 Å². The van der Waals surface area contributed by atoms with Crippen molar-refractivity contribution in [2.24, 2.45) is 10.2 Å². The van der Waals surface area contributed by atoms with Crippen molar-refractivity contribution >= 4 is 11.6 Å². The highest BCUT2D eigenvalue weighted by molar-refractivity contribution is 5.94. The van der Waals surface area contributed by atoms with Crippen molar-refractivity contribution in [3.05, 3.63) is 50.7 Å². The van der Waals surface area contributed by atoms with E-state index in [0.717, 1.165) is 0 Å². The molecule has 0 atom stereocenters.